The third-order valence-electron chi connectivity index (χ3n) is 4.14. The molecule has 0 aliphatic rings. The van der Waals surface area contributed by atoms with Gasteiger partial charge in [0.15, 0.2) is 0 Å². The predicted molar refractivity (Wildman–Crippen MR) is 106 cm³/mol. The number of hydrogen-bond acceptors (Lipinski definition) is 2. The van der Waals surface area contributed by atoms with Gasteiger partial charge in [-0.3, -0.25) is 4.79 Å². The Kier molecular flexibility index (Phi) is 5.57. The number of carbonyl (C=O) groups excluding carboxylic acids is 1. The molecule has 0 radical (unpaired) electrons. The van der Waals surface area contributed by atoms with E-state index in [2.05, 4.69) is 19.2 Å². The molecule has 0 aliphatic heterocycles. The van der Waals surface area contributed by atoms with Crippen molar-refractivity contribution >= 4 is 28.8 Å². The first-order chi connectivity index (χ1) is 12.1. The number of aryl methyl sites for hydroxylation is 2. The van der Waals surface area contributed by atoms with Gasteiger partial charge in [-0.2, -0.15) is 0 Å². The lowest BCUT2D eigenvalue weighted by Crippen LogP contribution is -2.21. The van der Waals surface area contributed by atoms with Gasteiger partial charge in [0.25, 0.3) is 5.91 Å². The lowest BCUT2D eigenvalue weighted by molar-refractivity contribution is 0.0955. The zero-order valence-corrected chi connectivity index (χ0v) is 15.9. The van der Waals surface area contributed by atoms with Crippen LogP contribution in [0.1, 0.15) is 33.3 Å². The zero-order chi connectivity index (χ0) is 17.8. The lowest BCUT2D eigenvalue weighted by atomic mass is 10.0. The molecule has 0 fully saturated rings. The van der Waals surface area contributed by atoms with Gasteiger partial charge in [-0.15, -0.1) is 11.3 Å². The monoisotopic (exact) mass is 369 g/mol. The predicted octanol–water partition coefficient (Wildman–Crippen LogP) is 5.87. The minimum atomic E-state index is -0.0265. The maximum atomic E-state index is 12.5. The van der Waals surface area contributed by atoms with Gasteiger partial charge in [0.1, 0.15) is 0 Å². The standard InChI is InChI=1S/C21H20ClNOS/c1-3-16-12-19(21(24)23-13-15-7-5-4-6-8-15)25-20(16)18-10-9-17(22)11-14(18)2/h4-12H,3,13H2,1-2H3,(H,23,24). The van der Waals surface area contributed by atoms with Gasteiger partial charge in [-0.25, -0.2) is 0 Å². The first kappa shape index (κ1) is 17.7. The van der Waals surface area contributed by atoms with Crippen LogP contribution in [-0.4, -0.2) is 5.91 Å². The molecule has 128 valence electrons. The summed E-state index contributed by atoms with van der Waals surface area (Å²) >= 11 is 7.62. The molecule has 4 heteroatoms. The number of nitrogens with one attached hydrogen (secondary N) is 1. The van der Waals surface area contributed by atoms with E-state index in [1.54, 1.807) is 11.3 Å². The number of halogens is 1. The van der Waals surface area contributed by atoms with Crippen molar-refractivity contribution in [2.75, 3.05) is 0 Å². The highest BCUT2D eigenvalue weighted by Crippen LogP contribution is 2.36. The van der Waals surface area contributed by atoms with Gasteiger partial charge in [0, 0.05) is 16.4 Å². The molecular formula is C21H20ClNOS. The Labute approximate surface area is 157 Å². The van der Waals surface area contributed by atoms with Gasteiger partial charge < -0.3 is 5.32 Å². The van der Waals surface area contributed by atoms with E-state index in [-0.39, 0.29) is 5.91 Å². The summed E-state index contributed by atoms with van der Waals surface area (Å²) in [6.45, 7) is 4.70. The summed E-state index contributed by atoms with van der Waals surface area (Å²) in [5.41, 5.74) is 4.56. The Morgan fingerprint density at radius 1 is 1.12 bits per heavy atom. The van der Waals surface area contributed by atoms with Crippen LogP contribution in [0.4, 0.5) is 0 Å². The van der Waals surface area contributed by atoms with Crippen LogP contribution < -0.4 is 5.32 Å². The Balaban J connectivity index is 1.83. The molecule has 0 bridgehead atoms. The van der Waals surface area contributed by atoms with Gasteiger partial charge in [0.2, 0.25) is 0 Å². The minimum absolute atomic E-state index is 0.0265. The van der Waals surface area contributed by atoms with Crippen LogP contribution in [0.25, 0.3) is 10.4 Å². The number of amides is 1. The van der Waals surface area contributed by atoms with Crippen LogP contribution in [0.2, 0.25) is 5.02 Å². The molecule has 1 aromatic heterocycles. The van der Waals surface area contributed by atoms with Crippen molar-refractivity contribution in [1.82, 2.24) is 5.32 Å². The molecule has 1 heterocycles. The fraction of sp³-hybridized carbons (Fsp3) is 0.190. The van der Waals surface area contributed by atoms with Crippen molar-refractivity contribution in [2.24, 2.45) is 0 Å². The fourth-order valence-electron chi connectivity index (χ4n) is 2.78. The number of hydrogen-bond donors (Lipinski definition) is 1. The van der Waals surface area contributed by atoms with Crippen molar-refractivity contribution in [1.29, 1.82) is 0 Å². The zero-order valence-electron chi connectivity index (χ0n) is 14.3. The maximum Gasteiger partial charge on any atom is 0.261 e. The molecule has 0 unspecified atom stereocenters. The normalized spacial score (nSPS) is 10.7. The number of thiophene rings is 1. The van der Waals surface area contributed by atoms with E-state index in [0.717, 1.165) is 37.9 Å². The van der Waals surface area contributed by atoms with E-state index < -0.39 is 0 Å². The summed E-state index contributed by atoms with van der Waals surface area (Å²) in [6.07, 6.45) is 0.889. The van der Waals surface area contributed by atoms with Crippen LogP contribution in [-0.2, 0) is 13.0 Å². The molecule has 0 spiro atoms. The Hall–Kier alpha value is -2.10. The van der Waals surface area contributed by atoms with Crippen LogP contribution in [0.5, 0.6) is 0 Å². The summed E-state index contributed by atoms with van der Waals surface area (Å²) in [4.78, 5) is 14.4. The second kappa shape index (κ2) is 7.85. The fourth-order valence-corrected chi connectivity index (χ4v) is 4.26. The molecule has 2 nitrogen and oxygen atoms in total. The van der Waals surface area contributed by atoms with Crippen molar-refractivity contribution < 1.29 is 4.79 Å². The summed E-state index contributed by atoms with van der Waals surface area (Å²) in [7, 11) is 0. The summed E-state index contributed by atoms with van der Waals surface area (Å²) in [5.74, 6) is -0.0265. The SMILES string of the molecule is CCc1cc(C(=O)NCc2ccccc2)sc1-c1ccc(Cl)cc1C. The average Bonchev–Trinajstić information content (AvgIpc) is 3.05. The highest BCUT2D eigenvalue weighted by atomic mass is 35.5. The second-order valence-corrected chi connectivity index (χ2v) is 7.43. The summed E-state index contributed by atoms with van der Waals surface area (Å²) in [6, 6.07) is 17.8. The van der Waals surface area contributed by atoms with E-state index in [0.29, 0.717) is 6.54 Å². The quantitative estimate of drug-likeness (QED) is 0.598. The van der Waals surface area contributed by atoms with Crippen LogP contribution in [0, 0.1) is 6.92 Å². The second-order valence-electron chi connectivity index (χ2n) is 5.95. The van der Waals surface area contributed by atoms with E-state index in [1.807, 2.05) is 54.6 Å². The third-order valence-corrected chi connectivity index (χ3v) is 5.59. The molecule has 0 aliphatic carbocycles. The van der Waals surface area contributed by atoms with E-state index in [1.165, 1.54) is 5.56 Å². The highest BCUT2D eigenvalue weighted by molar-refractivity contribution is 7.17. The highest BCUT2D eigenvalue weighted by Gasteiger charge is 2.16. The third kappa shape index (κ3) is 4.12. The average molecular weight is 370 g/mol. The minimum Gasteiger partial charge on any atom is -0.347 e. The van der Waals surface area contributed by atoms with Crippen molar-refractivity contribution in [3.63, 3.8) is 0 Å². The lowest BCUT2D eigenvalue weighted by Gasteiger charge is -2.06. The summed E-state index contributed by atoms with van der Waals surface area (Å²) < 4.78 is 0. The van der Waals surface area contributed by atoms with E-state index in [4.69, 9.17) is 11.6 Å². The van der Waals surface area contributed by atoms with E-state index in [9.17, 15) is 4.79 Å². The molecular weight excluding hydrogens is 350 g/mol. The van der Waals surface area contributed by atoms with Crippen molar-refractivity contribution in [3.8, 4) is 10.4 Å². The molecule has 0 saturated heterocycles. The van der Waals surface area contributed by atoms with E-state index >= 15 is 0 Å². The molecule has 1 N–H and O–H groups in total. The number of benzene rings is 2. The molecule has 3 rings (SSSR count). The maximum absolute atomic E-state index is 12.5. The Morgan fingerprint density at radius 2 is 1.88 bits per heavy atom. The molecule has 25 heavy (non-hydrogen) atoms. The van der Waals surface area contributed by atoms with Crippen LogP contribution in [0.3, 0.4) is 0 Å². The van der Waals surface area contributed by atoms with Crippen molar-refractivity contribution in [2.45, 2.75) is 26.8 Å². The van der Waals surface area contributed by atoms with Gasteiger partial charge in [0.05, 0.1) is 4.88 Å². The van der Waals surface area contributed by atoms with Crippen LogP contribution >= 0.6 is 22.9 Å². The molecule has 3 aromatic rings. The molecule has 0 saturated carbocycles. The largest absolute Gasteiger partial charge is 0.347 e. The number of rotatable bonds is 5. The van der Waals surface area contributed by atoms with Gasteiger partial charge in [-0.1, -0.05) is 54.9 Å². The Bertz CT molecular complexity index is 886. The van der Waals surface area contributed by atoms with Crippen molar-refractivity contribution in [3.05, 3.63) is 81.2 Å². The first-order valence-electron chi connectivity index (χ1n) is 8.30. The Morgan fingerprint density at radius 3 is 2.56 bits per heavy atom. The topological polar surface area (TPSA) is 29.1 Å². The molecule has 1 amide bonds. The summed E-state index contributed by atoms with van der Waals surface area (Å²) in [5, 5.41) is 3.74. The van der Waals surface area contributed by atoms with Gasteiger partial charge >= 0.3 is 0 Å². The molecule has 0 atom stereocenters. The smallest absolute Gasteiger partial charge is 0.261 e. The van der Waals surface area contributed by atoms with Gasteiger partial charge in [-0.05, 0) is 53.8 Å². The first-order valence-corrected chi connectivity index (χ1v) is 9.49. The molecule has 2 aromatic carbocycles. The van der Waals surface area contributed by atoms with Crippen LogP contribution in [0.15, 0.2) is 54.6 Å². The number of carbonyl (C=O) groups is 1.